The van der Waals surface area contributed by atoms with Gasteiger partial charge in [0.05, 0.1) is 24.2 Å². The Hall–Kier alpha value is -1.63. The summed E-state index contributed by atoms with van der Waals surface area (Å²) in [4.78, 5) is 14.1. The Morgan fingerprint density at radius 3 is 2.77 bits per heavy atom. The van der Waals surface area contributed by atoms with Crippen LogP contribution in [-0.2, 0) is 6.54 Å². The van der Waals surface area contributed by atoms with Crippen molar-refractivity contribution >= 4 is 29.0 Å². The number of benzene rings is 1. The third-order valence-corrected chi connectivity index (χ3v) is 4.36. The lowest BCUT2D eigenvalue weighted by Crippen LogP contribution is -2.38. The predicted octanol–water partition coefficient (Wildman–Crippen LogP) is 3.38. The molecule has 1 heterocycles. The topological polar surface area (TPSA) is 61.4 Å². The van der Waals surface area contributed by atoms with Crippen LogP contribution in [0, 0.1) is 12.7 Å². The molecule has 7 heteroatoms. The molecule has 0 bridgehead atoms. The first kappa shape index (κ1) is 16.7. The van der Waals surface area contributed by atoms with E-state index in [0.717, 1.165) is 4.88 Å². The second-order valence-electron chi connectivity index (χ2n) is 4.75. The van der Waals surface area contributed by atoms with Crippen LogP contribution in [0.3, 0.4) is 0 Å². The zero-order chi connectivity index (χ0) is 16.1. The highest BCUT2D eigenvalue weighted by molar-refractivity contribution is 7.11. The fourth-order valence-electron chi connectivity index (χ4n) is 1.92. The van der Waals surface area contributed by atoms with E-state index in [1.807, 2.05) is 19.1 Å². The van der Waals surface area contributed by atoms with Gasteiger partial charge in [0.1, 0.15) is 5.82 Å². The number of hydrogen-bond donors (Lipinski definition) is 3. The molecule has 0 spiro atoms. The van der Waals surface area contributed by atoms with Crippen molar-refractivity contribution in [2.75, 3.05) is 6.61 Å². The van der Waals surface area contributed by atoms with Crippen LogP contribution in [0.4, 0.5) is 9.18 Å². The molecular formula is C15H16ClFN2O2S. The van der Waals surface area contributed by atoms with Gasteiger partial charge in [-0.1, -0.05) is 17.7 Å². The fraction of sp³-hybridized carbons (Fsp3) is 0.267. The van der Waals surface area contributed by atoms with Gasteiger partial charge in [0.15, 0.2) is 0 Å². The van der Waals surface area contributed by atoms with Crippen molar-refractivity contribution < 1.29 is 14.3 Å². The number of nitrogens with one attached hydrogen (secondary N) is 2. The highest BCUT2D eigenvalue weighted by Crippen LogP contribution is 2.20. The molecule has 2 amide bonds. The molecule has 0 aliphatic carbocycles. The van der Waals surface area contributed by atoms with Crippen molar-refractivity contribution in [2.45, 2.75) is 19.5 Å². The van der Waals surface area contributed by atoms with Crippen LogP contribution in [0.15, 0.2) is 30.3 Å². The van der Waals surface area contributed by atoms with Crippen molar-refractivity contribution in [1.29, 1.82) is 0 Å². The minimum atomic E-state index is -0.697. The number of aliphatic hydroxyl groups excluding tert-OH is 1. The van der Waals surface area contributed by atoms with Gasteiger partial charge in [-0.25, -0.2) is 9.18 Å². The number of aliphatic hydroxyl groups is 1. The normalized spacial score (nSPS) is 12.0. The average Bonchev–Trinajstić information content (AvgIpc) is 2.91. The summed E-state index contributed by atoms with van der Waals surface area (Å²) < 4.78 is 13.4. The van der Waals surface area contributed by atoms with E-state index < -0.39 is 17.9 Å². The standard InChI is InChI=1S/C15H16ClFN2O2S/c1-9-2-4-11(22-9)7-18-15(21)19-14(8-20)10-3-5-12(16)13(17)6-10/h2-6,14,20H,7-8H2,1H3,(H2,18,19,21). The first-order chi connectivity index (χ1) is 10.5. The van der Waals surface area contributed by atoms with Crippen LogP contribution in [0.1, 0.15) is 21.4 Å². The van der Waals surface area contributed by atoms with E-state index in [-0.39, 0.29) is 11.6 Å². The summed E-state index contributed by atoms with van der Waals surface area (Å²) in [7, 11) is 0. The number of thiophene rings is 1. The zero-order valence-electron chi connectivity index (χ0n) is 11.9. The van der Waals surface area contributed by atoms with Crippen molar-refractivity contribution in [2.24, 2.45) is 0 Å². The number of urea groups is 1. The van der Waals surface area contributed by atoms with Crippen LogP contribution < -0.4 is 10.6 Å². The number of halogens is 2. The van der Waals surface area contributed by atoms with Crippen LogP contribution in [0.25, 0.3) is 0 Å². The quantitative estimate of drug-likeness (QED) is 0.780. The van der Waals surface area contributed by atoms with Gasteiger partial charge in [0.2, 0.25) is 0 Å². The molecule has 1 unspecified atom stereocenters. The Labute approximate surface area is 136 Å². The largest absolute Gasteiger partial charge is 0.394 e. The molecule has 1 atom stereocenters. The van der Waals surface area contributed by atoms with Crippen molar-refractivity contribution in [3.05, 3.63) is 56.5 Å². The molecule has 4 nitrogen and oxygen atoms in total. The van der Waals surface area contributed by atoms with Crippen LogP contribution in [-0.4, -0.2) is 17.7 Å². The minimum Gasteiger partial charge on any atom is -0.394 e. The van der Waals surface area contributed by atoms with Gasteiger partial charge in [-0.2, -0.15) is 0 Å². The van der Waals surface area contributed by atoms with E-state index in [9.17, 15) is 14.3 Å². The lowest BCUT2D eigenvalue weighted by atomic mass is 10.1. The molecular weight excluding hydrogens is 327 g/mol. The summed E-state index contributed by atoms with van der Waals surface area (Å²) in [6.07, 6.45) is 0. The number of aryl methyl sites for hydroxylation is 1. The van der Waals surface area contributed by atoms with Crippen LogP contribution in [0.5, 0.6) is 0 Å². The molecule has 3 N–H and O–H groups in total. The Morgan fingerprint density at radius 2 is 2.18 bits per heavy atom. The second-order valence-corrected chi connectivity index (χ2v) is 6.53. The van der Waals surface area contributed by atoms with Gasteiger partial charge >= 0.3 is 6.03 Å². The van der Waals surface area contributed by atoms with Gasteiger partial charge < -0.3 is 15.7 Å². The maximum atomic E-state index is 13.4. The third kappa shape index (κ3) is 4.43. The van der Waals surface area contributed by atoms with Gasteiger partial charge in [0.25, 0.3) is 0 Å². The molecule has 1 aromatic carbocycles. The van der Waals surface area contributed by atoms with E-state index in [1.54, 1.807) is 17.4 Å². The van der Waals surface area contributed by atoms with Crippen molar-refractivity contribution in [3.63, 3.8) is 0 Å². The molecule has 2 rings (SSSR count). The molecule has 0 fully saturated rings. The number of rotatable bonds is 5. The second kappa shape index (κ2) is 7.58. The molecule has 0 aliphatic heterocycles. The van der Waals surface area contributed by atoms with E-state index >= 15 is 0 Å². The van der Waals surface area contributed by atoms with E-state index in [0.29, 0.717) is 12.1 Å². The third-order valence-electron chi connectivity index (χ3n) is 3.05. The smallest absolute Gasteiger partial charge is 0.315 e. The number of carbonyl (C=O) groups excluding carboxylic acids is 1. The number of amides is 2. The Morgan fingerprint density at radius 1 is 1.41 bits per heavy atom. The fourth-order valence-corrected chi connectivity index (χ4v) is 2.87. The Balaban J connectivity index is 1.94. The monoisotopic (exact) mass is 342 g/mol. The van der Waals surface area contributed by atoms with Gasteiger partial charge in [-0.3, -0.25) is 0 Å². The lowest BCUT2D eigenvalue weighted by molar-refractivity contribution is 0.216. The average molecular weight is 343 g/mol. The molecule has 0 radical (unpaired) electrons. The first-order valence-electron chi connectivity index (χ1n) is 6.65. The van der Waals surface area contributed by atoms with Gasteiger partial charge in [-0.05, 0) is 36.8 Å². The van der Waals surface area contributed by atoms with Crippen molar-refractivity contribution in [1.82, 2.24) is 10.6 Å². The van der Waals surface area contributed by atoms with Gasteiger partial charge in [0, 0.05) is 9.75 Å². The SMILES string of the molecule is Cc1ccc(CNC(=O)NC(CO)c2ccc(Cl)c(F)c2)s1. The molecule has 1 aromatic heterocycles. The maximum absolute atomic E-state index is 13.4. The summed E-state index contributed by atoms with van der Waals surface area (Å²) in [6, 6.07) is 6.95. The molecule has 0 saturated carbocycles. The molecule has 0 aliphatic rings. The zero-order valence-corrected chi connectivity index (χ0v) is 13.5. The highest BCUT2D eigenvalue weighted by atomic mass is 35.5. The van der Waals surface area contributed by atoms with E-state index in [4.69, 9.17) is 11.6 Å². The number of hydrogen-bond acceptors (Lipinski definition) is 3. The summed E-state index contributed by atoms with van der Waals surface area (Å²) in [5.41, 5.74) is 0.450. The van der Waals surface area contributed by atoms with Crippen LogP contribution >= 0.6 is 22.9 Å². The maximum Gasteiger partial charge on any atom is 0.315 e. The summed E-state index contributed by atoms with van der Waals surface area (Å²) in [5.74, 6) is -0.589. The predicted molar refractivity (Wildman–Crippen MR) is 85.7 cm³/mol. The molecule has 22 heavy (non-hydrogen) atoms. The molecule has 0 saturated heterocycles. The van der Waals surface area contributed by atoms with Crippen LogP contribution in [0.2, 0.25) is 5.02 Å². The van der Waals surface area contributed by atoms with E-state index in [1.165, 1.54) is 17.0 Å². The highest BCUT2D eigenvalue weighted by Gasteiger charge is 2.15. The van der Waals surface area contributed by atoms with Gasteiger partial charge in [-0.15, -0.1) is 11.3 Å². The van der Waals surface area contributed by atoms with Crippen molar-refractivity contribution in [3.8, 4) is 0 Å². The Kier molecular flexibility index (Phi) is 5.76. The summed E-state index contributed by atoms with van der Waals surface area (Å²) in [6.45, 7) is 2.05. The Bertz CT molecular complexity index is 663. The lowest BCUT2D eigenvalue weighted by Gasteiger charge is -2.17. The summed E-state index contributed by atoms with van der Waals surface area (Å²) >= 11 is 7.22. The van der Waals surface area contributed by atoms with E-state index in [2.05, 4.69) is 10.6 Å². The number of carbonyl (C=O) groups is 1. The molecule has 118 valence electrons. The minimum absolute atomic E-state index is 0.00189. The first-order valence-corrected chi connectivity index (χ1v) is 7.84. The summed E-state index contributed by atoms with van der Waals surface area (Å²) in [5, 5.41) is 14.7. The molecule has 2 aromatic rings.